The van der Waals surface area contributed by atoms with Gasteiger partial charge in [-0.1, -0.05) is 33.1 Å². The lowest BCUT2D eigenvalue weighted by Gasteiger charge is -2.43. The lowest BCUT2D eigenvalue weighted by molar-refractivity contribution is 0.0829. The smallest absolute Gasteiger partial charge is 0.00472 e. The van der Waals surface area contributed by atoms with Crippen molar-refractivity contribution in [1.82, 2.24) is 10.2 Å². The van der Waals surface area contributed by atoms with Gasteiger partial charge in [0.05, 0.1) is 0 Å². The predicted molar refractivity (Wildman–Crippen MR) is 83.4 cm³/mol. The lowest BCUT2D eigenvalue weighted by atomic mass is 9.70. The molecule has 112 valence electrons. The molecule has 0 amide bonds. The van der Waals surface area contributed by atoms with E-state index in [-0.39, 0.29) is 0 Å². The average molecular weight is 266 g/mol. The summed E-state index contributed by atoms with van der Waals surface area (Å²) >= 11 is 0. The zero-order valence-electron chi connectivity index (χ0n) is 13.4. The molecule has 2 aliphatic carbocycles. The van der Waals surface area contributed by atoms with Crippen LogP contribution < -0.4 is 5.32 Å². The predicted octanol–water partition coefficient (Wildman–Crippen LogP) is 3.52. The number of rotatable bonds is 7. The average Bonchev–Trinajstić information content (AvgIpc) is 2.35. The molecular formula is C17H34N2. The van der Waals surface area contributed by atoms with Gasteiger partial charge in [0.15, 0.2) is 0 Å². The van der Waals surface area contributed by atoms with Gasteiger partial charge in [0.25, 0.3) is 0 Å². The van der Waals surface area contributed by atoms with E-state index < -0.39 is 0 Å². The van der Waals surface area contributed by atoms with E-state index in [0.29, 0.717) is 5.41 Å². The highest BCUT2D eigenvalue weighted by atomic mass is 15.1. The molecule has 0 aliphatic heterocycles. The van der Waals surface area contributed by atoms with E-state index >= 15 is 0 Å². The summed E-state index contributed by atoms with van der Waals surface area (Å²) in [6, 6.07) is 0. The highest BCUT2D eigenvalue weighted by molar-refractivity contribution is 4.89. The largest absolute Gasteiger partial charge is 0.316 e. The van der Waals surface area contributed by atoms with E-state index in [1.807, 2.05) is 0 Å². The van der Waals surface area contributed by atoms with Crippen molar-refractivity contribution in [2.24, 2.45) is 17.3 Å². The third-order valence-electron chi connectivity index (χ3n) is 5.48. The Labute approximate surface area is 120 Å². The molecule has 0 atom stereocenters. The zero-order chi connectivity index (χ0) is 13.7. The SMILES string of the molecule is CCNCC1(CN(C)CC2CCC2)CCC(C)CC1. The molecule has 0 heterocycles. The Morgan fingerprint density at radius 3 is 2.37 bits per heavy atom. The molecule has 0 radical (unpaired) electrons. The van der Waals surface area contributed by atoms with E-state index in [2.05, 4.69) is 31.1 Å². The van der Waals surface area contributed by atoms with Gasteiger partial charge >= 0.3 is 0 Å². The second-order valence-electron chi connectivity index (χ2n) is 7.46. The first kappa shape index (κ1) is 15.3. The number of nitrogens with zero attached hydrogens (tertiary/aromatic N) is 1. The van der Waals surface area contributed by atoms with Crippen molar-refractivity contribution in [2.75, 3.05) is 33.2 Å². The minimum Gasteiger partial charge on any atom is -0.316 e. The molecule has 2 fully saturated rings. The number of hydrogen-bond donors (Lipinski definition) is 1. The summed E-state index contributed by atoms with van der Waals surface area (Å²) in [6.07, 6.45) is 10.1. The van der Waals surface area contributed by atoms with E-state index in [1.165, 1.54) is 64.6 Å². The molecule has 0 aromatic carbocycles. The highest BCUT2D eigenvalue weighted by Gasteiger charge is 2.35. The fraction of sp³-hybridized carbons (Fsp3) is 1.00. The molecule has 0 aromatic heterocycles. The maximum atomic E-state index is 3.63. The molecule has 2 aliphatic rings. The van der Waals surface area contributed by atoms with E-state index in [0.717, 1.165) is 18.4 Å². The highest BCUT2D eigenvalue weighted by Crippen LogP contribution is 2.39. The van der Waals surface area contributed by atoms with Crippen molar-refractivity contribution in [3.05, 3.63) is 0 Å². The fourth-order valence-electron chi connectivity index (χ4n) is 3.91. The zero-order valence-corrected chi connectivity index (χ0v) is 13.4. The van der Waals surface area contributed by atoms with Crippen LogP contribution in [0.15, 0.2) is 0 Å². The molecule has 0 spiro atoms. The number of hydrogen-bond acceptors (Lipinski definition) is 2. The van der Waals surface area contributed by atoms with Gasteiger partial charge in [-0.15, -0.1) is 0 Å². The van der Waals surface area contributed by atoms with Crippen LogP contribution in [-0.2, 0) is 0 Å². The van der Waals surface area contributed by atoms with Crippen molar-refractivity contribution in [2.45, 2.75) is 58.8 Å². The molecule has 0 unspecified atom stereocenters. The molecule has 0 bridgehead atoms. The van der Waals surface area contributed by atoms with Crippen molar-refractivity contribution in [1.29, 1.82) is 0 Å². The molecular weight excluding hydrogens is 232 g/mol. The summed E-state index contributed by atoms with van der Waals surface area (Å²) in [6.45, 7) is 9.65. The topological polar surface area (TPSA) is 15.3 Å². The summed E-state index contributed by atoms with van der Waals surface area (Å²) in [7, 11) is 2.35. The van der Waals surface area contributed by atoms with Crippen molar-refractivity contribution >= 4 is 0 Å². The summed E-state index contributed by atoms with van der Waals surface area (Å²) in [5, 5.41) is 3.63. The van der Waals surface area contributed by atoms with E-state index in [9.17, 15) is 0 Å². The van der Waals surface area contributed by atoms with Gasteiger partial charge in [0.2, 0.25) is 0 Å². The van der Waals surface area contributed by atoms with Gasteiger partial charge in [0, 0.05) is 19.6 Å². The normalized spacial score (nSPS) is 32.5. The van der Waals surface area contributed by atoms with Crippen LogP contribution in [0.3, 0.4) is 0 Å². The number of nitrogens with one attached hydrogen (secondary N) is 1. The van der Waals surface area contributed by atoms with Crippen LogP contribution in [0.25, 0.3) is 0 Å². The van der Waals surface area contributed by atoms with Gasteiger partial charge in [-0.2, -0.15) is 0 Å². The van der Waals surface area contributed by atoms with Crippen LogP contribution in [0.4, 0.5) is 0 Å². The van der Waals surface area contributed by atoms with E-state index in [4.69, 9.17) is 0 Å². The summed E-state index contributed by atoms with van der Waals surface area (Å²) in [5.41, 5.74) is 0.557. The first-order valence-corrected chi connectivity index (χ1v) is 8.53. The molecule has 0 saturated heterocycles. The lowest BCUT2D eigenvalue weighted by Crippen LogP contribution is -2.46. The Bertz CT molecular complexity index is 246. The van der Waals surface area contributed by atoms with Crippen LogP contribution in [0.5, 0.6) is 0 Å². The van der Waals surface area contributed by atoms with Crippen LogP contribution in [0.2, 0.25) is 0 Å². The van der Waals surface area contributed by atoms with Gasteiger partial charge in [-0.25, -0.2) is 0 Å². The van der Waals surface area contributed by atoms with E-state index in [1.54, 1.807) is 0 Å². The second kappa shape index (κ2) is 7.08. The Morgan fingerprint density at radius 2 is 1.84 bits per heavy atom. The quantitative estimate of drug-likeness (QED) is 0.758. The van der Waals surface area contributed by atoms with Crippen molar-refractivity contribution in [3.63, 3.8) is 0 Å². The molecule has 2 heteroatoms. The molecule has 0 aromatic rings. The van der Waals surface area contributed by atoms with Gasteiger partial charge in [-0.3, -0.25) is 0 Å². The molecule has 2 rings (SSSR count). The maximum absolute atomic E-state index is 3.63. The van der Waals surface area contributed by atoms with Crippen LogP contribution in [0.1, 0.15) is 58.8 Å². The Hall–Kier alpha value is -0.0800. The maximum Gasteiger partial charge on any atom is 0.00472 e. The Balaban J connectivity index is 1.84. The van der Waals surface area contributed by atoms with Gasteiger partial charge < -0.3 is 10.2 Å². The van der Waals surface area contributed by atoms with Crippen molar-refractivity contribution < 1.29 is 0 Å². The van der Waals surface area contributed by atoms with Crippen molar-refractivity contribution in [3.8, 4) is 0 Å². The molecule has 2 saturated carbocycles. The molecule has 2 nitrogen and oxygen atoms in total. The fourth-order valence-corrected chi connectivity index (χ4v) is 3.91. The summed E-state index contributed by atoms with van der Waals surface area (Å²) < 4.78 is 0. The van der Waals surface area contributed by atoms with Crippen LogP contribution >= 0.6 is 0 Å². The molecule has 1 N–H and O–H groups in total. The molecule has 19 heavy (non-hydrogen) atoms. The van der Waals surface area contributed by atoms with Gasteiger partial charge in [0.1, 0.15) is 0 Å². The van der Waals surface area contributed by atoms with Gasteiger partial charge in [-0.05, 0) is 56.5 Å². The first-order chi connectivity index (χ1) is 9.13. The first-order valence-electron chi connectivity index (χ1n) is 8.53. The van der Waals surface area contributed by atoms with Crippen LogP contribution in [-0.4, -0.2) is 38.1 Å². The third-order valence-corrected chi connectivity index (χ3v) is 5.48. The standard InChI is InChI=1S/C17H34N2/c1-4-18-13-17(10-8-15(2)9-11-17)14-19(3)12-16-6-5-7-16/h15-16,18H,4-14H2,1-3H3. The monoisotopic (exact) mass is 266 g/mol. The Morgan fingerprint density at radius 1 is 1.16 bits per heavy atom. The van der Waals surface area contributed by atoms with Crippen LogP contribution in [0, 0.1) is 17.3 Å². The summed E-state index contributed by atoms with van der Waals surface area (Å²) in [5.74, 6) is 1.95. The second-order valence-corrected chi connectivity index (χ2v) is 7.46. The minimum atomic E-state index is 0.557. The Kier molecular flexibility index (Phi) is 5.70. The summed E-state index contributed by atoms with van der Waals surface area (Å²) in [4.78, 5) is 2.64. The third kappa shape index (κ3) is 4.46. The minimum absolute atomic E-state index is 0.557.